The summed E-state index contributed by atoms with van der Waals surface area (Å²) in [5.41, 5.74) is 5.87. The monoisotopic (exact) mass is 362 g/mol. The number of benzene rings is 1. The van der Waals surface area contributed by atoms with Gasteiger partial charge in [0.2, 0.25) is 0 Å². The molecule has 0 aliphatic heterocycles. The van der Waals surface area contributed by atoms with Gasteiger partial charge in [0.1, 0.15) is 0 Å². The molecule has 5 nitrogen and oxygen atoms in total. The van der Waals surface area contributed by atoms with Gasteiger partial charge in [0, 0.05) is 12.6 Å². The number of carbonyl (C=O) groups is 1. The maximum atomic E-state index is 12.4. The number of nitrogens with two attached hydrogens (primary N) is 1. The third kappa shape index (κ3) is 5.79. The minimum absolute atomic E-state index is 0. The van der Waals surface area contributed by atoms with Gasteiger partial charge in [-0.2, -0.15) is 0 Å². The van der Waals surface area contributed by atoms with Crippen LogP contribution >= 0.6 is 12.4 Å². The van der Waals surface area contributed by atoms with Crippen LogP contribution in [0.15, 0.2) is 29.2 Å². The summed E-state index contributed by atoms with van der Waals surface area (Å²) in [7, 11) is -3.50. The van der Waals surface area contributed by atoms with Crippen LogP contribution in [0.25, 0.3) is 0 Å². The van der Waals surface area contributed by atoms with Gasteiger partial charge < -0.3 is 11.1 Å². The Hall–Kier alpha value is -1.11. The van der Waals surface area contributed by atoms with E-state index in [1.54, 1.807) is 26.0 Å². The van der Waals surface area contributed by atoms with E-state index < -0.39 is 15.1 Å². The molecule has 1 aromatic carbocycles. The molecule has 3 N–H and O–H groups in total. The van der Waals surface area contributed by atoms with E-state index in [0.29, 0.717) is 6.54 Å². The number of nitrogens with one attached hydrogen (secondary N) is 1. The highest BCUT2D eigenvalue weighted by atomic mass is 35.5. The topological polar surface area (TPSA) is 89.3 Å². The lowest BCUT2D eigenvalue weighted by Gasteiger charge is -2.18. The average molecular weight is 363 g/mol. The second-order valence-corrected chi connectivity index (χ2v) is 8.11. The quantitative estimate of drug-likeness (QED) is 0.743. The molecule has 0 aromatic heterocycles. The zero-order valence-corrected chi connectivity index (χ0v) is 15.5. The third-order valence-electron chi connectivity index (χ3n) is 3.58. The predicted octanol–water partition coefficient (Wildman–Crippen LogP) is 2.54. The third-order valence-corrected chi connectivity index (χ3v) is 5.79. The molecule has 0 aliphatic rings. The maximum absolute atomic E-state index is 12.4. The van der Waals surface area contributed by atoms with E-state index in [-0.39, 0.29) is 34.8 Å². The molecule has 0 saturated heterocycles. The highest BCUT2D eigenvalue weighted by Crippen LogP contribution is 2.20. The van der Waals surface area contributed by atoms with Gasteiger partial charge in [0.25, 0.3) is 5.91 Å². The maximum Gasteiger partial charge on any atom is 0.252 e. The number of halogens is 1. The van der Waals surface area contributed by atoms with Crippen molar-refractivity contribution in [2.24, 2.45) is 5.73 Å². The summed E-state index contributed by atoms with van der Waals surface area (Å²) in [5.74, 6) is -0.383. The van der Waals surface area contributed by atoms with Crippen molar-refractivity contribution in [2.45, 2.75) is 56.2 Å². The van der Waals surface area contributed by atoms with E-state index in [0.717, 1.165) is 19.3 Å². The van der Waals surface area contributed by atoms with Crippen molar-refractivity contribution >= 4 is 28.2 Å². The molecule has 1 atom stereocenters. The summed E-state index contributed by atoms with van der Waals surface area (Å²) in [6, 6.07) is 6.18. The highest BCUT2D eigenvalue weighted by Gasteiger charge is 2.25. The molecular weight excluding hydrogens is 336 g/mol. The molecule has 0 radical (unpaired) electrons. The first kappa shape index (κ1) is 21.9. The lowest BCUT2D eigenvalue weighted by Crippen LogP contribution is -2.40. The van der Waals surface area contributed by atoms with Crippen LogP contribution in [0.5, 0.6) is 0 Å². The van der Waals surface area contributed by atoms with Crippen LogP contribution in [0.3, 0.4) is 0 Å². The lowest BCUT2D eigenvalue weighted by atomic mass is 10.1. The molecule has 1 aromatic rings. The average Bonchev–Trinajstić information content (AvgIpc) is 2.50. The van der Waals surface area contributed by atoms with E-state index in [2.05, 4.69) is 12.2 Å². The fourth-order valence-electron chi connectivity index (χ4n) is 2.12. The van der Waals surface area contributed by atoms with Gasteiger partial charge in [-0.3, -0.25) is 4.79 Å². The van der Waals surface area contributed by atoms with Gasteiger partial charge in [0.05, 0.1) is 15.7 Å². The van der Waals surface area contributed by atoms with Gasteiger partial charge in [-0.05, 0) is 32.4 Å². The molecule has 1 amide bonds. The summed E-state index contributed by atoms with van der Waals surface area (Å²) in [6.45, 7) is 5.62. The molecule has 0 fully saturated rings. The minimum Gasteiger partial charge on any atom is -0.348 e. The summed E-state index contributed by atoms with van der Waals surface area (Å²) < 4.78 is 24.8. The minimum atomic E-state index is -3.50. The predicted molar refractivity (Wildman–Crippen MR) is 95.8 cm³/mol. The molecule has 132 valence electrons. The van der Waals surface area contributed by atoms with Gasteiger partial charge in [-0.15, -0.1) is 12.4 Å². The molecule has 7 heteroatoms. The Morgan fingerprint density at radius 3 is 2.39 bits per heavy atom. The van der Waals surface area contributed by atoms with Crippen LogP contribution in [0.1, 0.15) is 50.4 Å². The number of carbonyl (C=O) groups excluding carboxylic acids is 1. The van der Waals surface area contributed by atoms with Crippen LogP contribution in [-0.4, -0.2) is 32.2 Å². The van der Waals surface area contributed by atoms with Crippen molar-refractivity contribution in [1.82, 2.24) is 5.32 Å². The van der Waals surface area contributed by atoms with E-state index in [1.165, 1.54) is 12.1 Å². The van der Waals surface area contributed by atoms with Crippen molar-refractivity contribution in [2.75, 3.05) is 6.54 Å². The molecule has 0 bridgehead atoms. The van der Waals surface area contributed by atoms with E-state index >= 15 is 0 Å². The second-order valence-electron chi connectivity index (χ2n) is 5.64. The van der Waals surface area contributed by atoms with E-state index in [1.807, 2.05) is 0 Å². The number of unbranched alkanes of at least 4 members (excludes halogenated alkanes) is 1. The van der Waals surface area contributed by atoms with Crippen molar-refractivity contribution in [3.05, 3.63) is 29.8 Å². The van der Waals surface area contributed by atoms with Crippen molar-refractivity contribution < 1.29 is 13.2 Å². The van der Waals surface area contributed by atoms with E-state index in [9.17, 15) is 13.2 Å². The molecule has 0 aliphatic carbocycles. The second kappa shape index (κ2) is 9.90. The Balaban J connectivity index is 0.00000484. The fraction of sp³-hybridized carbons (Fsp3) is 0.562. The van der Waals surface area contributed by atoms with Crippen LogP contribution in [-0.2, 0) is 9.84 Å². The summed E-state index contributed by atoms with van der Waals surface area (Å²) >= 11 is 0. The normalized spacial score (nSPS) is 12.6. The molecule has 1 rings (SSSR count). The molecule has 0 heterocycles. The lowest BCUT2D eigenvalue weighted by molar-refractivity contribution is 0.0932. The molecule has 0 spiro atoms. The summed E-state index contributed by atoms with van der Waals surface area (Å²) in [6.07, 6.45) is 2.77. The number of hydrogen-bond donors (Lipinski definition) is 2. The van der Waals surface area contributed by atoms with Crippen molar-refractivity contribution in [3.63, 3.8) is 0 Å². The van der Waals surface area contributed by atoms with Crippen LogP contribution in [0.2, 0.25) is 0 Å². The van der Waals surface area contributed by atoms with Gasteiger partial charge in [-0.25, -0.2) is 8.42 Å². The summed E-state index contributed by atoms with van der Waals surface area (Å²) in [4.78, 5) is 12.5. The standard InChI is InChI=1S/C16H26N2O3S.ClH/c1-4-5-8-13(11-17)18-16(19)14-9-6-7-10-15(14)22(20,21)12(2)3;/h6-7,9-10,12-13H,4-5,8,11,17H2,1-3H3,(H,18,19);1H. The SMILES string of the molecule is CCCCC(CN)NC(=O)c1ccccc1S(=O)(=O)C(C)C.Cl. The number of rotatable bonds is 8. The fourth-order valence-corrected chi connectivity index (χ4v) is 3.36. The molecular formula is C16H27ClN2O3S. The Morgan fingerprint density at radius 2 is 1.87 bits per heavy atom. The first-order valence-corrected chi connectivity index (χ1v) is 9.23. The highest BCUT2D eigenvalue weighted by molar-refractivity contribution is 7.92. The Morgan fingerprint density at radius 1 is 1.26 bits per heavy atom. The van der Waals surface area contributed by atoms with Crippen LogP contribution in [0.4, 0.5) is 0 Å². The van der Waals surface area contributed by atoms with Crippen molar-refractivity contribution in [3.8, 4) is 0 Å². The first-order chi connectivity index (χ1) is 10.3. The summed E-state index contributed by atoms with van der Waals surface area (Å²) in [5, 5.41) is 2.26. The first-order valence-electron chi connectivity index (χ1n) is 7.68. The zero-order chi connectivity index (χ0) is 16.8. The molecule has 1 unspecified atom stereocenters. The largest absolute Gasteiger partial charge is 0.348 e. The molecule has 23 heavy (non-hydrogen) atoms. The van der Waals surface area contributed by atoms with Crippen molar-refractivity contribution in [1.29, 1.82) is 0 Å². The van der Waals surface area contributed by atoms with Gasteiger partial charge in [0.15, 0.2) is 9.84 Å². The Kier molecular flexibility index (Phi) is 9.42. The number of sulfone groups is 1. The Labute approximate surface area is 145 Å². The van der Waals surface area contributed by atoms with Crippen LogP contribution in [0, 0.1) is 0 Å². The Bertz CT molecular complexity index is 603. The number of hydrogen-bond acceptors (Lipinski definition) is 4. The zero-order valence-electron chi connectivity index (χ0n) is 13.9. The van der Waals surface area contributed by atoms with Crippen LogP contribution < -0.4 is 11.1 Å². The number of amides is 1. The molecule has 0 saturated carbocycles. The smallest absolute Gasteiger partial charge is 0.252 e. The van der Waals surface area contributed by atoms with Gasteiger partial charge in [-0.1, -0.05) is 31.9 Å². The van der Waals surface area contributed by atoms with Gasteiger partial charge >= 0.3 is 0 Å². The van der Waals surface area contributed by atoms with E-state index in [4.69, 9.17) is 5.73 Å².